The van der Waals surface area contributed by atoms with E-state index in [2.05, 4.69) is 15.9 Å². The molecule has 0 radical (unpaired) electrons. The van der Waals surface area contributed by atoms with E-state index in [0.29, 0.717) is 0 Å². The van der Waals surface area contributed by atoms with E-state index in [1.54, 1.807) is 29.5 Å². The van der Waals surface area contributed by atoms with Crippen LogP contribution >= 0.6 is 39.7 Å². The summed E-state index contributed by atoms with van der Waals surface area (Å²) in [6.07, 6.45) is 0. The second-order valence-corrected chi connectivity index (χ2v) is 5.03. The molecular formula is C11H11BrClNOS. The third-order valence-corrected chi connectivity index (χ3v) is 3.84. The summed E-state index contributed by atoms with van der Waals surface area (Å²) in [5.74, 6) is 0.236. The summed E-state index contributed by atoms with van der Waals surface area (Å²) < 4.78 is 0.918. The molecule has 1 heterocycles. The summed E-state index contributed by atoms with van der Waals surface area (Å²) in [6, 6.07) is 8.90. The van der Waals surface area contributed by atoms with Gasteiger partial charge in [-0.25, -0.2) is 0 Å². The SMILES string of the molecule is Cl.N[C@@H](c1cccs1)c1cc(O)ccc1Br. The molecular weight excluding hydrogens is 310 g/mol. The lowest BCUT2D eigenvalue weighted by Crippen LogP contribution is -2.10. The average molecular weight is 321 g/mol. The maximum Gasteiger partial charge on any atom is 0.116 e. The van der Waals surface area contributed by atoms with E-state index in [4.69, 9.17) is 5.73 Å². The van der Waals surface area contributed by atoms with Crippen LogP contribution in [0.15, 0.2) is 40.2 Å². The molecule has 5 heteroatoms. The van der Waals surface area contributed by atoms with E-state index in [9.17, 15) is 5.11 Å². The first-order valence-corrected chi connectivity index (χ1v) is 6.13. The number of nitrogens with two attached hydrogens (primary N) is 1. The Labute approximate surface area is 113 Å². The third-order valence-electron chi connectivity index (χ3n) is 2.16. The molecule has 2 rings (SSSR count). The van der Waals surface area contributed by atoms with Gasteiger partial charge in [-0.2, -0.15) is 0 Å². The van der Waals surface area contributed by atoms with Gasteiger partial charge in [0.1, 0.15) is 5.75 Å². The van der Waals surface area contributed by atoms with Crippen molar-refractivity contribution in [2.24, 2.45) is 5.73 Å². The molecule has 0 aliphatic rings. The molecule has 2 aromatic rings. The second-order valence-electron chi connectivity index (χ2n) is 3.20. The molecule has 0 saturated carbocycles. The molecule has 0 unspecified atom stereocenters. The fourth-order valence-corrected chi connectivity index (χ4v) is 2.63. The Morgan fingerprint density at radius 2 is 2.06 bits per heavy atom. The van der Waals surface area contributed by atoms with Crippen molar-refractivity contribution >= 4 is 39.7 Å². The van der Waals surface area contributed by atoms with Crippen molar-refractivity contribution in [1.29, 1.82) is 0 Å². The molecule has 3 N–H and O–H groups in total. The molecule has 2 nitrogen and oxygen atoms in total. The molecule has 0 aliphatic heterocycles. The number of rotatable bonds is 2. The highest BCUT2D eigenvalue weighted by molar-refractivity contribution is 9.10. The van der Waals surface area contributed by atoms with Gasteiger partial charge in [-0.15, -0.1) is 23.7 Å². The van der Waals surface area contributed by atoms with Crippen molar-refractivity contribution in [1.82, 2.24) is 0 Å². The molecule has 16 heavy (non-hydrogen) atoms. The lowest BCUT2D eigenvalue weighted by Gasteiger charge is -2.12. The van der Waals surface area contributed by atoms with E-state index in [-0.39, 0.29) is 24.2 Å². The van der Waals surface area contributed by atoms with Crippen LogP contribution in [0.2, 0.25) is 0 Å². The highest BCUT2D eigenvalue weighted by Gasteiger charge is 2.13. The van der Waals surface area contributed by atoms with Crippen LogP contribution in [-0.4, -0.2) is 5.11 Å². The van der Waals surface area contributed by atoms with Gasteiger partial charge in [-0.1, -0.05) is 22.0 Å². The molecule has 0 amide bonds. The van der Waals surface area contributed by atoms with Gasteiger partial charge in [0, 0.05) is 9.35 Å². The fourth-order valence-electron chi connectivity index (χ4n) is 1.39. The molecule has 0 saturated heterocycles. The van der Waals surface area contributed by atoms with Crippen LogP contribution in [-0.2, 0) is 0 Å². The average Bonchev–Trinajstić information content (AvgIpc) is 2.74. The van der Waals surface area contributed by atoms with E-state index >= 15 is 0 Å². The fraction of sp³-hybridized carbons (Fsp3) is 0.0909. The highest BCUT2D eigenvalue weighted by Crippen LogP contribution is 2.31. The number of benzene rings is 1. The van der Waals surface area contributed by atoms with Gasteiger partial charge in [-0.3, -0.25) is 0 Å². The van der Waals surface area contributed by atoms with Gasteiger partial charge in [0.15, 0.2) is 0 Å². The number of hydrogen-bond donors (Lipinski definition) is 2. The summed E-state index contributed by atoms with van der Waals surface area (Å²) >= 11 is 5.04. The van der Waals surface area contributed by atoms with Gasteiger partial charge in [-0.05, 0) is 35.2 Å². The zero-order valence-electron chi connectivity index (χ0n) is 8.26. The minimum Gasteiger partial charge on any atom is -0.508 e. The van der Waals surface area contributed by atoms with Gasteiger partial charge >= 0.3 is 0 Å². The van der Waals surface area contributed by atoms with Crippen molar-refractivity contribution in [3.63, 3.8) is 0 Å². The number of hydrogen-bond acceptors (Lipinski definition) is 3. The second kappa shape index (κ2) is 5.68. The quantitative estimate of drug-likeness (QED) is 0.886. The minimum atomic E-state index is -0.188. The minimum absolute atomic E-state index is 0. The predicted molar refractivity (Wildman–Crippen MR) is 73.4 cm³/mol. The van der Waals surface area contributed by atoms with E-state index in [1.165, 1.54) is 0 Å². The van der Waals surface area contributed by atoms with Crippen molar-refractivity contribution in [2.45, 2.75) is 6.04 Å². The van der Waals surface area contributed by atoms with Gasteiger partial charge in [0.05, 0.1) is 6.04 Å². The smallest absolute Gasteiger partial charge is 0.116 e. The van der Waals surface area contributed by atoms with E-state index in [1.807, 2.05) is 17.5 Å². The summed E-state index contributed by atoms with van der Waals surface area (Å²) in [5, 5.41) is 11.4. The first-order chi connectivity index (χ1) is 7.18. The normalized spacial score (nSPS) is 11.9. The summed E-state index contributed by atoms with van der Waals surface area (Å²) in [5.41, 5.74) is 7.00. The predicted octanol–water partition coefficient (Wildman–Crippen LogP) is 3.69. The first-order valence-electron chi connectivity index (χ1n) is 4.46. The van der Waals surface area contributed by atoms with Crippen LogP contribution < -0.4 is 5.73 Å². The topological polar surface area (TPSA) is 46.2 Å². The van der Waals surface area contributed by atoms with Crippen LogP contribution in [0.1, 0.15) is 16.5 Å². The summed E-state index contributed by atoms with van der Waals surface area (Å²) in [4.78, 5) is 1.08. The number of halogens is 2. The van der Waals surface area contributed by atoms with Crippen LogP contribution in [0, 0.1) is 0 Å². The maximum absolute atomic E-state index is 9.41. The van der Waals surface area contributed by atoms with Crippen molar-refractivity contribution in [3.8, 4) is 5.75 Å². The molecule has 0 aliphatic carbocycles. The zero-order chi connectivity index (χ0) is 10.8. The summed E-state index contributed by atoms with van der Waals surface area (Å²) in [7, 11) is 0. The van der Waals surface area contributed by atoms with Crippen molar-refractivity contribution in [3.05, 3.63) is 50.6 Å². The van der Waals surface area contributed by atoms with E-state index < -0.39 is 0 Å². The number of phenolic OH excluding ortho intramolecular Hbond substituents is 1. The largest absolute Gasteiger partial charge is 0.508 e. The standard InChI is InChI=1S/C11H10BrNOS.ClH/c12-9-4-3-7(14)6-8(9)11(13)10-2-1-5-15-10;/h1-6,11,14H,13H2;1H/t11-;/m1./s1. The van der Waals surface area contributed by atoms with E-state index in [0.717, 1.165) is 14.9 Å². The number of thiophene rings is 1. The Bertz CT molecular complexity index is 461. The lowest BCUT2D eigenvalue weighted by atomic mass is 10.1. The van der Waals surface area contributed by atoms with Crippen LogP contribution in [0.5, 0.6) is 5.75 Å². The van der Waals surface area contributed by atoms with Crippen molar-refractivity contribution in [2.75, 3.05) is 0 Å². The highest BCUT2D eigenvalue weighted by atomic mass is 79.9. The van der Waals surface area contributed by atoms with Gasteiger partial charge in [0.2, 0.25) is 0 Å². The van der Waals surface area contributed by atoms with Crippen LogP contribution in [0.25, 0.3) is 0 Å². The van der Waals surface area contributed by atoms with Crippen molar-refractivity contribution < 1.29 is 5.11 Å². The Kier molecular flexibility index (Phi) is 4.80. The molecule has 1 aromatic carbocycles. The van der Waals surface area contributed by atoms with Crippen LogP contribution in [0.3, 0.4) is 0 Å². The number of aromatic hydroxyl groups is 1. The Balaban J connectivity index is 0.00000128. The molecule has 1 atom stereocenters. The molecule has 0 fully saturated rings. The maximum atomic E-state index is 9.41. The van der Waals surface area contributed by atoms with Gasteiger partial charge < -0.3 is 10.8 Å². The van der Waals surface area contributed by atoms with Gasteiger partial charge in [0.25, 0.3) is 0 Å². The molecule has 0 bridgehead atoms. The molecule has 1 aromatic heterocycles. The zero-order valence-corrected chi connectivity index (χ0v) is 11.5. The lowest BCUT2D eigenvalue weighted by molar-refractivity contribution is 0.474. The Morgan fingerprint density at radius 3 is 2.69 bits per heavy atom. The van der Waals surface area contributed by atoms with Crippen LogP contribution in [0.4, 0.5) is 0 Å². The summed E-state index contributed by atoms with van der Waals surface area (Å²) in [6.45, 7) is 0. The molecule has 0 spiro atoms. The molecule has 86 valence electrons. The third kappa shape index (κ3) is 2.77. The number of phenols is 1. The first kappa shape index (κ1) is 13.5. The Hall–Kier alpha value is -0.550. The monoisotopic (exact) mass is 319 g/mol. The Morgan fingerprint density at radius 1 is 1.31 bits per heavy atom.